The van der Waals surface area contributed by atoms with Crippen molar-refractivity contribution in [3.8, 4) is 0 Å². The minimum Gasteiger partial charge on any atom is -0.478 e. The SMILES string of the molecule is CC(C)(C)OC(=O)N1CC(O)Cc2cc(C(=O)O)ccc21. The van der Waals surface area contributed by atoms with E-state index in [-0.39, 0.29) is 12.1 Å². The van der Waals surface area contributed by atoms with Crippen LogP contribution in [0.25, 0.3) is 0 Å². The quantitative estimate of drug-likeness (QED) is 0.827. The highest BCUT2D eigenvalue weighted by Gasteiger charge is 2.31. The molecule has 2 N–H and O–H groups in total. The monoisotopic (exact) mass is 293 g/mol. The van der Waals surface area contributed by atoms with Gasteiger partial charge in [-0.2, -0.15) is 0 Å². The van der Waals surface area contributed by atoms with Gasteiger partial charge in [0.25, 0.3) is 0 Å². The van der Waals surface area contributed by atoms with E-state index in [1.54, 1.807) is 26.8 Å². The Labute approximate surface area is 122 Å². The number of nitrogens with zero attached hydrogens (tertiary/aromatic N) is 1. The lowest BCUT2D eigenvalue weighted by Crippen LogP contribution is -2.45. The summed E-state index contributed by atoms with van der Waals surface area (Å²) in [6.45, 7) is 5.42. The molecule has 0 aliphatic carbocycles. The van der Waals surface area contributed by atoms with Crippen LogP contribution in [0.3, 0.4) is 0 Å². The fourth-order valence-electron chi connectivity index (χ4n) is 2.26. The molecular formula is C15H19NO5. The topological polar surface area (TPSA) is 87.1 Å². The highest BCUT2D eigenvalue weighted by molar-refractivity contribution is 5.92. The number of aliphatic hydroxyl groups is 1. The average molecular weight is 293 g/mol. The van der Waals surface area contributed by atoms with E-state index < -0.39 is 23.8 Å². The van der Waals surface area contributed by atoms with E-state index in [1.165, 1.54) is 17.0 Å². The minimum absolute atomic E-state index is 0.131. The van der Waals surface area contributed by atoms with Crippen molar-refractivity contribution in [2.75, 3.05) is 11.4 Å². The number of amides is 1. The minimum atomic E-state index is -1.04. The molecule has 1 aliphatic rings. The molecule has 0 saturated carbocycles. The maximum Gasteiger partial charge on any atom is 0.414 e. The van der Waals surface area contributed by atoms with Crippen LogP contribution in [0.1, 0.15) is 36.7 Å². The Balaban J connectivity index is 2.35. The van der Waals surface area contributed by atoms with Crippen molar-refractivity contribution in [2.24, 2.45) is 0 Å². The number of anilines is 1. The second-order valence-corrected chi connectivity index (χ2v) is 6.10. The number of β-amino-alcohol motifs (C(OH)–C–C–N with tert-alkyl or cyclic N) is 1. The molecule has 1 heterocycles. The third-order valence-electron chi connectivity index (χ3n) is 3.08. The van der Waals surface area contributed by atoms with E-state index >= 15 is 0 Å². The molecule has 114 valence electrons. The molecule has 0 fully saturated rings. The summed E-state index contributed by atoms with van der Waals surface area (Å²) in [5.74, 6) is -1.04. The van der Waals surface area contributed by atoms with Crippen molar-refractivity contribution in [3.05, 3.63) is 29.3 Å². The molecule has 0 radical (unpaired) electrons. The van der Waals surface area contributed by atoms with Crippen LogP contribution in [0.15, 0.2) is 18.2 Å². The maximum absolute atomic E-state index is 12.2. The van der Waals surface area contributed by atoms with Crippen LogP contribution in [-0.2, 0) is 11.2 Å². The number of aliphatic hydroxyl groups excluding tert-OH is 1. The number of carboxylic acids is 1. The predicted molar refractivity (Wildman–Crippen MR) is 76.7 cm³/mol. The van der Waals surface area contributed by atoms with Gasteiger partial charge < -0.3 is 14.9 Å². The number of carboxylic acid groups (broad SMARTS) is 1. The predicted octanol–water partition coefficient (Wildman–Crippen LogP) is 2.04. The third-order valence-corrected chi connectivity index (χ3v) is 3.08. The number of hydrogen-bond donors (Lipinski definition) is 2. The van der Waals surface area contributed by atoms with Gasteiger partial charge in [0.1, 0.15) is 5.60 Å². The first-order valence-corrected chi connectivity index (χ1v) is 6.72. The lowest BCUT2D eigenvalue weighted by molar-refractivity contribution is 0.0548. The van der Waals surface area contributed by atoms with Gasteiger partial charge in [-0.15, -0.1) is 0 Å². The first-order valence-electron chi connectivity index (χ1n) is 6.72. The van der Waals surface area contributed by atoms with E-state index in [9.17, 15) is 14.7 Å². The lowest BCUT2D eigenvalue weighted by Gasteiger charge is -2.34. The van der Waals surface area contributed by atoms with Crippen LogP contribution >= 0.6 is 0 Å². The standard InChI is InChI=1S/C15H19NO5/c1-15(2,3)21-14(20)16-8-11(17)7-10-6-9(13(18)19)4-5-12(10)16/h4-6,11,17H,7-8H2,1-3H3,(H,18,19). The highest BCUT2D eigenvalue weighted by atomic mass is 16.6. The summed E-state index contributed by atoms with van der Waals surface area (Å²) in [4.78, 5) is 24.6. The molecule has 0 aromatic heterocycles. The second kappa shape index (κ2) is 5.37. The number of carbonyl (C=O) groups is 2. The number of rotatable bonds is 1. The second-order valence-electron chi connectivity index (χ2n) is 6.10. The lowest BCUT2D eigenvalue weighted by atomic mass is 9.98. The van der Waals surface area contributed by atoms with Crippen LogP contribution in [0.4, 0.5) is 10.5 Å². The number of aromatic carboxylic acids is 1. The number of benzene rings is 1. The van der Waals surface area contributed by atoms with E-state index in [4.69, 9.17) is 9.84 Å². The molecule has 1 aromatic carbocycles. The Morgan fingerprint density at radius 1 is 1.33 bits per heavy atom. The summed E-state index contributed by atoms with van der Waals surface area (Å²) < 4.78 is 5.32. The highest BCUT2D eigenvalue weighted by Crippen LogP contribution is 2.29. The van der Waals surface area contributed by atoms with Gasteiger partial charge in [-0.25, -0.2) is 9.59 Å². The molecule has 1 amide bonds. The smallest absolute Gasteiger partial charge is 0.414 e. The number of fused-ring (bicyclic) bond motifs is 1. The Bertz CT molecular complexity index is 576. The van der Waals surface area contributed by atoms with Crippen LogP contribution in [0, 0.1) is 0 Å². The number of carbonyl (C=O) groups excluding carboxylic acids is 1. The van der Waals surface area contributed by atoms with Crippen molar-refractivity contribution >= 4 is 17.7 Å². The number of hydrogen-bond acceptors (Lipinski definition) is 4. The first kappa shape index (κ1) is 15.3. The Morgan fingerprint density at radius 2 is 2.00 bits per heavy atom. The zero-order valence-electron chi connectivity index (χ0n) is 12.3. The largest absolute Gasteiger partial charge is 0.478 e. The van der Waals surface area contributed by atoms with Crippen molar-refractivity contribution < 1.29 is 24.5 Å². The molecule has 1 atom stereocenters. The molecule has 21 heavy (non-hydrogen) atoms. The van der Waals surface area contributed by atoms with Crippen molar-refractivity contribution in [1.29, 1.82) is 0 Å². The van der Waals surface area contributed by atoms with Crippen molar-refractivity contribution in [3.63, 3.8) is 0 Å². The molecule has 6 nitrogen and oxygen atoms in total. The molecule has 2 rings (SSSR count). The third kappa shape index (κ3) is 3.52. The zero-order chi connectivity index (χ0) is 15.8. The molecule has 1 unspecified atom stereocenters. The van der Waals surface area contributed by atoms with Gasteiger partial charge in [0, 0.05) is 6.42 Å². The van der Waals surface area contributed by atoms with Crippen LogP contribution < -0.4 is 4.90 Å². The van der Waals surface area contributed by atoms with E-state index in [1.807, 2.05) is 0 Å². The Kier molecular flexibility index (Phi) is 3.91. The summed E-state index contributed by atoms with van der Waals surface area (Å²) in [5.41, 5.74) is 0.701. The van der Waals surface area contributed by atoms with Crippen LogP contribution in [0.2, 0.25) is 0 Å². The van der Waals surface area contributed by atoms with Gasteiger partial charge in [0.15, 0.2) is 0 Å². The van der Waals surface area contributed by atoms with Crippen LogP contribution in [-0.4, -0.2) is 40.5 Å². The van der Waals surface area contributed by atoms with Gasteiger partial charge in [0.2, 0.25) is 0 Å². The van der Waals surface area contributed by atoms with E-state index in [0.29, 0.717) is 17.7 Å². The normalized spacial score (nSPS) is 18.1. The van der Waals surface area contributed by atoms with E-state index in [0.717, 1.165) is 0 Å². The molecule has 0 spiro atoms. The molecule has 1 aromatic rings. The molecular weight excluding hydrogens is 274 g/mol. The van der Waals surface area contributed by atoms with Gasteiger partial charge >= 0.3 is 12.1 Å². The molecule has 0 saturated heterocycles. The average Bonchev–Trinajstić information content (AvgIpc) is 2.34. The number of ether oxygens (including phenoxy) is 1. The fourth-order valence-corrected chi connectivity index (χ4v) is 2.26. The first-order chi connectivity index (χ1) is 9.67. The van der Waals surface area contributed by atoms with E-state index in [2.05, 4.69) is 0 Å². The van der Waals surface area contributed by atoms with Gasteiger partial charge in [-0.3, -0.25) is 4.90 Å². The summed E-state index contributed by atoms with van der Waals surface area (Å²) in [6.07, 6.45) is -0.977. The molecule has 6 heteroatoms. The van der Waals surface area contributed by atoms with Gasteiger partial charge in [0.05, 0.1) is 23.9 Å². The van der Waals surface area contributed by atoms with Crippen molar-refractivity contribution in [1.82, 2.24) is 0 Å². The molecule has 0 bridgehead atoms. The maximum atomic E-state index is 12.2. The summed E-state index contributed by atoms with van der Waals surface area (Å²) >= 11 is 0. The Hall–Kier alpha value is -2.08. The molecule has 1 aliphatic heterocycles. The zero-order valence-corrected chi connectivity index (χ0v) is 12.3. The van der Waals surface area contributed by atoms with Crippen molar-refractivity contribution in [2.45, 2.75) is 38.9 Å². The van der Waals surface area contributed by atoms with Crippen LogP contribution in [0.5, 0.6) is 0 Å². The summed E-state index contributed by atoms with van der Waals surface area (Å²) in [6, 6.07) is 4.50. The summed E-state index contributed by atoms with van der Waals surface area (Å²) in [7, 11) is 0. The summed E-state index contributed by atoms with van der Waals surface area (Å²) in [5, 5.41) is 18.9. The fraction of sp³-hybridized carbons (Fsp3) is 0.467. The Morgan fingerprint density at radius 3 is 2.57 bits per heavy atom. The van der Waals surface area contributed by atoms with Gasteiger partial charge in [-0.1, -0.05) is 0 Å². The van der Waals surface area contributed by atoms with Gasteiger partial charge in [-0.05, 0) is 44.5 Å².